The Morgan fingerprint density at radius 3 is 1.73 bits per heavy atom. The molecule has 0 nitrogen and oxygen atoms in total. The summed E-state index contributed by atoms with van der Waals surface area (Å²) in [5.41, 5.74) is 7.06. The summed E-state index contributed by atoms with van der Waals surface area (Å²) in [5, 5.41) is 0. The zero-order valence-corrected chi connectivity index (χ0v) is 12.5. The molecule has 0 fully saturated rings. The Morgan fingerprint density at radius 2 is 1.18 bits per heavy atom. The zero-order valence-electron chi connectivity index (χ0n) is 12.5. The first-order valence-electron chi connectivity index (χ1n) is 7.38. The van der Waals surface area contributed by atoms with E-state index in [1.165, 1.54) is 22.3 Å². The topological polar surface area (TPSA) is 0 Å². The minimum Gasteiger partial charge on any atom is -0.0984 e. The normalized spacial score (nSPS) is 10.2. The number of benzene rings is 3. The SMILES string of the molecule is C=Cc1ccc(-c2ccccc2)c(-c2ccccc2)c1C=C. The average molecular weight is 282 g/mol. The summed E-state index contributed by atoms with van der Waals surface area (Å²) in [5.74, 6) is 0. The second-order valence-corrected chi connectivity index (χ2v) is 5.13. The van der Waals surface area contributed by atoms with Crippen molar-refractivity contribution in [2.45, 2.75) is 0 Å². The lowest BCUT2D eigenvalue weighted by Gasteiger charge is -2.16. The molecular weight excluding hydrogens is 264 g/mol. The standard InChI is InChI=1S/C22H18/c1-3-17-15-16-21(18-11-7-5-8-12-18)22(20(17)4-2)19-13-9-6-10-14-19/h3-16H,1-2H2. The summed E-state index contributed by atoms with van der Waals surface area (Å²) >= 11 is 0. The van der Waals surface area contributed by atoms with Gasteiger partial charge in [0, 0.05) is 0 Å². The van der Waals surface area contributed by atoms with E-state index in [4.69, 9.17) is 0 Å². The van der Waals surface area contributed by atoms with Crippen LogP contribution in [0.4, 0.5) is 0 Å². The van der Waals surface area contributed by atoms with Gasteiger partial charge in [0.2, 0.25) is 0 Å². The molecule has 0 aliphatic carbocycles. The van der Waals surface area contributed by atoms with Crippen molar-refractivity contribution in [2.75, 3.05) is 0 Å². The molecule has 0 aliphatic heterocycles. The van der Waals surface area contributed by atoms with E-state index in [9.17, 15) is 0 Å². The maximum absolute atomic E-state index is 4.01. The molecular formula is C22H18. The monoisotopic (exact) mass is 282 g/mol. The molecule has 0 aromatic heterocycles. The Balaban J connectivity index is 2.36. The van der Waals surface area contributed by atoms with Crippen molar-refractivity contribution in [3.63, 3.8) is 0 Å². The van der Waals surface area contributed by atoms with Gasteiger partial charge in [0.05, 0.1) is 0 Å². The number of hydrogen-bond donors (Lipinski definition) is 0. The van der Waals surface area contributed by atoms with Crippen molar-refractivity contribution in [1.82, 2.24) is 0 Å². The Hall–Kier alpha value is -2.86. The molecule has 0 saturated heterocycles. The highest BCUT2D eigenvalue weighted by atomic mass is 14.2. The summed E-state index contributed by atoms with van der Waals surface area (Å²) in [4.78, 5) is 0. The minimum absolute atomic E-state index is 1.11. The summed E-state index contributed by atoms with van der Waals surface area (Å²) in [6.45, 7) is 7.94. The second kappa shape index (κ2) is 6.28. The smallest absolute Gasteiger partial charge is 0.00270 e. The molecule has 3 aromatic rings. The highest BCUT2D eigenvalue weighted by Gasteiger charge is 2.13. The number of rotatable bonds is 4. The van der Waals surface area contributed by atoms with Gasteiger partial charge in [-0.15, -0.1) is 0 Å². The van der Waals surface area contributed by atoms with Crippen LogP contribution in [0.5, 0.6) is 0 Å². The molecule has 0 aliphatic rings. The lowest BCUT2D eigenvalue weighted by molar-refractivity contribution is 1.54. The summed E-state index contributed by atoms with van der Waals surface area (Å²) < 4.78 is 0. The van der Waals surface area contributed by atoms with E-state index in [-0.39, 0.29) is 0 Å². The predicted octanol–water partition coefficient (Wildman–Crippen LogP) is 6.31. The van der Waals surface area contributed by atoms with Crippen molar-refractivity contribution in [2.24, 2.45) is 0 Å². The van der Waals surface area contributed by atoms with Gasteiger partial charge in [-0.05, 0) is 33.4 Å². The van der Waals surface area contributed by atoms with E-state index in [0.29, 0.717) is 0 Å². The van der Waals surface area contributed by atoms with Gasteiger partial charge in [-0.3, -0.25) is 0 Å². The van der Waals surface area contributed by atoms with Gasteiger partial charge in [-0.1, -0.05) is 98.1 Å². The molecule has 0 heterocycles. The third-order valence-electron chi connectivity index (χ3n) is 3.85. The Morgan fingerprint density at radius 1 is 0.591 bits per heavy atom. The third-order valence-corrected chi connectivity index (χ3v) is 3.85. The minimum atomic E-state index is 1.11. The lowest BCUT2D eigenvalue weighted by atomic mass is 9.88. The Bertz CT molecular complexity index is 796. The third kappa shape index (κ3) is 2.51. The molecule has 0 heteroatoms. The van der Waals surface area contributed by atoms with E-state index in [1.54, 1.807) is 0 Å². The molecule has 0 N–H and O–H groups in total. The molecule has 0 spiro atoms. The van der Waals surface area contributed by atoms with Gasteiger partial charge in [-0.25, -0.2) is 0 Å². The van der Waals surface area contributed by atoms with Crippen LogP contribution in [0.3, 0.4) is 0 Å². The van der Waals surface area contributed by atoms with Crippen LogP contribution in [-0.2, 0) is 0 Å². The van der Waals surface area contributed by atoms with Crippen LogP contribution in [0, 0.1) is 0 Å². The summed E-state index contributed by atoms with van der Waals surface area (Å²) in [6.07, 6.45) is 3.81. The van der Waals surface area contributed by atoms with E-state index < -0.39 is 0 Å². The van der Waals surface area contributed by atoms with Crippen molar-refractivity contribution in [3.05, 3.63) is 97.1 Å². The first-order valence-corrected chi connectivity index (χ1v) is 7.38. The highest BCUT2D eigenvalue weighted by Crippen LogP contribution is 2.37. The number of hydrogen-bond acceptors (Lipinski definition) is 0. The van der Waals surface area contributed by atoms with Crippen LogP contribution < -0.4 is 0 Å². The van der Waals surface area contributed by atoms with Crippen LogP contribution in [-0.4, -0.2) is 0 Å². The van der Waals surface area contributed by atoms with Crippen LogP contribution >= 0.6 is 0 Å². The maximum Gasteiger partial charge on any atom is -0.00270 e. The molecule has 0 atom stereocenters. The quantitative estimate of drug-likeness (QED) is 0.526. The first-order chi connectivity index (χ1) is 10.8. The van der Waals surface area contributed by atoms with Gasteiger partial charge in [-0.2, -0.15) is 0 Å². The van der Waals surface area contributed by atoms with E-state index >= 15 is 0 Å². The molecule has 0 amide bonds. The summed E-state index contributed by atoms with van der Waals surface area (Å²) in [7, 11) is 0. The Kier molecular flexibility index (Phi) is 4.02. The van der Waals surface area contributed by atoms with Crippen LogP contribution in [0.1, 0.15) is 11.1 Å². The first kappa shape index (κ1) is 14.1. The lowest BCUT2D eigenvalue weighted by Crippen LogP contribution is -1.92. The van der Waals surface area contributed by atoms with Crippen molar-refractivity contribution < 1.29 is 0 Å². The fourth-order valence-corrected chi connectivity index (χ4v) is 2.81. The molecule has 3 rings (SSSR count). The van der Waals surface area contributed by atoms with Crippen molar-refractivity contribution in [1.29, 1.82) is 0 Å². The average Bonchev–Trinajstić information content (AvgIpc) is 2.61. The molecule has 22 heavy (non-hydrogen) atoms. The maximum atomic E-state index is 4.01. The van der Waals surface area contributed by atoms with Crippen molar-refractivity contribution >= 4 is 12.2 Å². The van der Waals surface area contributed by atoms with Gasteiger partial charge in [0.25, 0.3) is 0 Å². The van der Waals surface area contributed by atoms with E-state index in [2.05, 4.69) is 73.8 Å². The molecule has 0 unspecified atom stereocenters. The molecule has 0 saturated carbocycles. The predicted molar refractivity (Wildman–Crippen MR) is 97.5 cm³/mol. The van der Waals surface area contributed by atoms with Crippen LogP contribution in [0.15, 0.2) is 86.0 Å². The van der Waals surface area contributed by atoms with Gasteiger partial charge >= 0.3 is 0 Å². The van der Waals surface area contributed by atoms with Crippen molar-refractivity contribution in [3.8, 4) is 22.3 Å². The molecule has 106 valence electrons. The molecule has 0 bridgehead atoms. The molecule has 0 radical (unpaired) electrons. The Labute approximate surface area is 132 Å². The molecule has 3 aromatic carbocycles. The van der Waals surface area contributed by atoms with Crippen LogP contribution in [0.25, 0.3) is 34.4 Å². The fraction of sp³-hybridized carbons (Fsp3) is 0. The van der Waals surface area contributed by atoms with Gasteiger partial charge in [0.15, 0.2) is 0 Å². The second-order valence-electron chi connectivity index (χ2n) is 5.13. The summed E-state index contributed by atoms with van der Waals surface area (Å²) in [6, 6.07) is 25.2. The van der Waals surface area contributed by atoms with Crippen LogP contribution in [0.2, 0.25) is 0 Å². The highest BCUT2D eigenvalue weighted by molar-refractivity contribution is 5.92. The zero-order chi connectivity index (χ0) is 15.4. The largest absolute Gasteiger partial charge is 0.0984 e. The van der Waals surface area contributed by atoms with E-state index in [1.807, 2.05) is 24.3 Å². The fourth-order valence-electron chi connectivity index (χ4n) is 2.81. The van der Waals surface area contributed by atoms with Gasteiger partial charge in [0.1, 0.15) is 0 Å². The van der Waals surface area contributed by atoms with Gasteiger partial charge < -0.3 is 0 Å². The van der Waals surface area contributed by atoms with E-state index in [0.717, 1.165) is 11.1 Å².